The summed E-state index contributed by atoms with van der Waals surface area (Å²) in [7, 11) is 0. The lowest BCUT2D eigenvalue weighted by molar-refractivity contribution is 0.233. The molecule has 2 amide bonds. The smallest absolute Gasteiger partial charge is 0.315 e. The predicted octanol–water partition coefficient (Wildman–Crippen LogP) is 2.90. The molecule has 3 rings (SSSR count). The van der Waals surface area contributed by atoms with Crippen molar-refractivity contribution in [3.8, 4) is 0 Å². The Kier molecular flexibility index (Phi) is 5.21. The number of oxazole rings is 1. The largest absolute Gasteiger partial charge is 0.444 e. The number of anilines is 1. The minimum absolute atomic E-state index is 0.0265. The molecule has 134 valence electrons. The number of para-hydroxylation sites is 1. The van der Waals surface area contributed by atoms with Crippen molar-refractivity contribution in [1.82, 2.24) is 15.6 Å². The molecule has 1 aromatic heterocycles. The van der Waals surface area contributed by atoms with E-state index in [-0.39, 0.29) is 24.4 Å². The van der Waals surface area contributed by atoms with Crippen molar-refractivity contribution < 1.29 is 13.6 Å². The molecule has 0 bridgehead atoms. The third kappa shape index (κ3) is 4.29. The number of urea groups is 1. The lowest BCUT2D eigenvalue weighted by Crippen LogP contribution is -2.50. The maximum absolute atomic E-state index is 13.9. The van der Waals surface area contributed by atoms with Crippen LogP contribution in [-0.2, 0) is 6.54 Å². The number of nitrogens with one attached hydrogen (secondary N) is 2. The number of aryl methyl sites for hydroxylation is 2. The van der Waals surface area contributed by atoms with Gasteiger partial charge < -0.3 is 20.0 Å². The molecule has 1 aliphatic rings. The minimum atomic E-state index is -0.270. The summed E-state index contributed by atoms with van der Waals surface area (Å²) in [6, 6.07) is 6.43. The third-order valence-electron chi connectivity index (χ3n) is 4.42. The monoisotopic (exact) mass is 346 g/mol. The highest BCUT2D eigenvalue weighted by Crippen LogP contribution is 2.22. The van der Waals surface area contributed by atoms with E-state index in [1.807, 2.05) is 24.8 Å². The number of halogens is 1. The average molecular weight is 346 g/mol. The van der Waals surface area contributed by atoms with Gasteiger partial charge in [0.2, 0.25) is 5.89 Å². The zero-order valence-corrected chi connectivity index (χ0v) is 14.5. The summed E-state index contributed by atoms with van der Waals surface area (Å²) in [5.74, 6) is 1.01. The van der Waals surface area contributed by atoms with Crippen LogP contribution in [0.25, 0.3) is 0 Å². The molecule has 6 nitrogen and oxygen atoms in total. The Bertz CT molecular complexity index is 727. The average Bonchev–Trinajstić information content (AvgIpc) is 2.92. The molecule has 2 heterocycles. The highest BCUT2D eigenvalue weighted by atomic mass is 19.1. The van der Waals surface area contributed by atoms with Gasteiger partial charge in [0.25, 0.3) is 0 Å². The van der Waals surface area contributed by atoms with E-state index in [2.05, 4.69) is 15.6 Å². The van der Waals surface area contributed by atoms with Gasteiger partial charge in [0.05, 0.1) is 17.9 Å². The first kappa shape index (κ1) is 17.3. The molecule has 1 aliphatic heterocycles. The van der Waals surface area contributed by atoms with E-state index < -0.39 is 0 Å². The fourth-order valence-electron chi connectivity index (χ4n) is 3.03. The number of hydrogen-bond acceptors (Lipinski definition) is 4. The SMILES string of the molecule is Cc1nc(CNC(=O)N[C@@H]2CCCN(c3ccccc3F)C2)oc1C. The van der Waals surface area contributed by atoms with Crippen molar-refractivity contribution in [2.45, 2.75) is 39.3 Å². The summed E-state index contributed by atoms with van der Waals surface area (Å²) in [5.41, 5.74) is 1.41. The number of aromatic nitrogens is 1. The Morgan fingerprint density at radius 1 is 1.40 bits per heavy atom. The van der Waals surface area contributed by atoms with E-state index in [4.69, 9.17) is 4.42 Å². The number of benzene rings is 1. The van der Waals surface area contributed by atoms with Crippen LogP contribution in [0, 0.1) is 19.7 Å². The molecule has 0 aliphatic carbocycles. The van der Waals surface area contributed by atoms with E-state index in [9.17, 15) is 9.18 Å². The number of amides is 2. The number of carbonyl (C=O) groups is 1. The van der Waals surface area contributed by atoms with Crippen molar-refractivity contribution >= 4 is 11.7 Å². The molecule has 0 saturated carbocycles. The second kappa shape index (κ2) is 7.55. The molecule has 7 heteroatoms. The Labute approximate surface area is 146 Å². The first-order chi connectivity index (χ1) is 12.0. The Balaban J connectivity index is 1.52. The molecule has 25 heavy (non-hydrogen) atoms. The maximum atomic E-state index is 13.9. The van der Waals surface area contributed by atoms with Crippen LogP contribution in [0.4, 0.5) is 14.9 Å². The van der Waals surface area contributed by atoms with Crippen molar-refractivity contribution in [3.05, 3.63) is 47.4 Å². The fraction of sp³-hybridized carbons (Fsp3) is 0.444. The van der Waals surface area contributed by atoms with Crippen LogP contribution in [0.1, 0.15) is 30.2 Å². The summed E-state index contributed by atoms with van der Waals surface area (Å²) in [6.45, 7) is 5.32. The van der Waals surface area contributed by atoms with Crippen LogP contribution in [0.5, 0.6) is 0 Å². The van der Waals surface area contributed by atoms with Gasteiger partial charge in [-0.25, -0.2) is 14.2 Å². The van der Waals surface area contributed by atoms with Crippen molar-refractivity contribution in [2.75, 3.05) is 18.0 Å². The molecular formula is C18H23FN4O2. The summed E-state index contributed by atoms with van der Waals surface area (Å²) >= 11 is 0. The standard InChI is InChI=1S/C18H23FN4O2/c1-12-13(2)25-17(21-12)10-20-18(24)22-14-6-5-9-23(11-14)16-8-4-3-7-15(16)19/h3-4,7-8,14H,5-6,9-11H2,1-2H3,(H2,20,22,24)/t14-/m1/s1. The van der Waals surface area contributed by atoms with E-state index in [0.717, 1.165) is 30.8 Å². The lowest BCUT2D eigenvalue weighted by Gasteiger charge is -2.34. The molecular weight excluding hydrogens is 323 g/mol. The van der Waals surface area contributed by atoms with Gasteiger partial charge in [-0.05, 0) is 38.8 Å². The normalized spacial score (nSPS) is 17.4. The van der Waals surface area contributed by atoms with Crippen LogP contribution in [0.3, 0.4) is 0 Å². The van der Waals surface area contributed by atoms with Gasteiger partial charge in [-0.3, -0.25) is 0 Å². The molecule has 1 saturated heterocycles. The lowest BCUT2D eigenvalue weighted by atomic mass is 10.0. The zero-order chi connectivity index (χ0) is 17.8. The van der Waals surface area contributed by atoms with Crippen LogP contribution >= 0.6 is 0 Å². The van der Waals surface area contributed by atoms with E-state index in [1.165, 1.54) is 6.07 Å². The van der Waals surface area contributed by atoms with Gasteiger partial charge >= 0.3 is 6.03 Å². The molecule has 0 spiro atoms. The molecule has 2 N–H and O–H groups in total. The molecule has 1 atom stereocenters. The highest BCUT2D eigenvalue weighted by Gasteiger charge is 2.23. The second-order valence-electron chi connectivity index (χ2n) is 6.31. The van der Waals surface area contributed by atoms with Gasteiger partial charge in [-0.15, -0.1) is 0 Å². The number of piperidine rings is 1. The molecule has 1 fully saturated rings. The predicted molar refractivity (Wildman–Crippen MR) is 93.0 cm³/mol. The van der Waals surface area contributed by atoms with Crippen molar-refractivity contribution in [1.29, 1.82) is 0 Å². The van der Waals surface area contributed by atoms with Crippen LogP contribution < -0.4 is 15.5 Å². The highest BCUT2D eigenvalue weighted by molar-refractivity contribution is 5.74. The Morgan fingerprint density at radius 2 is 2.20 bits per heavy atom. The topological polar surface area (TPSA) is 70.4 Å². The summed E-state index contributed by atoms with van der Waals surface area (Å²) in [5, 5.41) is 5.70. The second-order valence-corrected chi connectivity index (χ2v) is 6.31. The van der Waals surface area contributed by atoms with E-state index in [1.54, 1.807) is 12.1 Å². The summed E-state index contributed by atoms with van der Waals surface area (Å²) in [6.07, 6.45) is 1.77. The number of hydrogen-bond donors (Lipinski definition) is 2. The number of nitrogens with zero attached hydrogens (tertiary/aromatic N) is 2. The van der Waals surface area contributed by atoms with Gasteiger partial charge in [-0.2, -0.15) is 0 Å². The van der Waals surface area contributed by atoms with Crippen molar-refractivity contribution in [3.63, 3.8) is 0 Å². The first-order valence-electron chi connectivity index (χ1n) is 8.49. The molecule has 0 radical (unpaired) electrons. The molecule has 0 unspecified atom stereocenters. The zero-order valence-electron chi connectivity index (χ0n) is 14.5. The Morgan fingerprint density at radius 3 is 2.92 bits per heavy atom. The van der Waals surface area contributed by atoms with Crippen LogP contribution in [-0.4, -0.2) is 30.1 Å². The fourth-order valence-corrected chi connectivity index (χ4v) is 3.03. The van der Waals surface area contributed by atoms with Gasteiger partial charge in [-0.1, -0.05) is 12.1 Å². The van der Waals surface area contributed by atoms with Crippen LogP contribution in [0.15, 0.2) is 28.7 Å². The Hall–Kier alpha value is -2.57. The van der Waals surface area contributed by atoms with Gasteiger partial charge in [0.1, 0.15) is 11.6 Å². The van der Waals surface area contributed by atoms with Crippen molar-refractivity contribution in [2.24, 2.45) is 0 Å². The van der Waals surface area contributed by atoms with E-state index in [0.29, 0.717) is 18.1 Å². The third-order valence-corrected chi connectivity index (χ3v) is 4.42. The molecule has 2 aromatic rings. The maximum Gasteiger partial charge on any atom is 0.315 e. The summed E-state index contributed by atoms with van der Waals surface area (Å²) < 4.78 is 19.4. The number of carbonyl (C=O) groups excluding carboxylic acids is 1. The van der Waals surface area contributed by atoms with Gasteiger partial charge in [0, 0.05) is 19.1 Å². The summed E-state index contributed by atoms with van der Waals surface area (Å²) in [4.78, 5) is 18.3. The van der Waals surface area contributed by atoms with Gasteiger partial charge in [0.15, 0.2) is 0 Å². The van der Waals surface area contributed by atoms with E-state index >= 15 is 0 Å². The minimum Gasteiger partial charge on any atom is -0.444 e. The number of rotatable bonds is 4. The quantitative estimate of drug-likeness (QED) is 0.893. The molecule has 1 aromatic carbocycles. The van der Waals surface area contributed by atoms with Crippen LogP contribution in [0.2, 0.25) is 0 Å². The first-order valence-corrected chi connectivity index (χ1v) is 8.49.